The zero-order valence-electron chi connectivity index (χ0n) is 17.3. The highest BCUT2D eigenvalue weighted by molar-refractivity contribution is 6.04. The Balaban J connectivity index is 1.63. The normalized spacial score (nSPS) is 11.4. The summed E-state index contributed by atoms with van der Waals surface area (Å²) in [6, 6.07) is 15.5. The molecular weight excluding hydrogens is 417 g/mol. The lowest BCUT2D eigenvalue weighted by Gasteiger charge is -2.12. The number of hydrogen-bond donors (Lipinski definition) is 2. The molecule has 3 aromatic carbocycles. The van der Waals surface area contributed by atoms with Crippen molar-refractivity contribution in [2.45, 2.75) is 13.1 Å². The Bertz CT molecular complexity index is 1320. The second kappa shape index (κ2) is 8.30. The fourth-order valence-corrected chi connectivity index (χ4v) is 3.37. The predicted octanol–water partition coefficient (Wildman–Crippen LogP) is 5.92. The summed E-state index contributed by atoms with van der Waals surface area (Å²) in [5, 5.41) is 6.45. The van der Waals surface area contributed by atoms with E-state index in [1.807, 2.05) is 31.2 Å². The van der Waals surface area contributed by atoms with Gasteiger partial charge in [-0.05, 0) is 66.1 Å². The second-order valence-corrected chi connectivity index (χ2v) is 7.28. The van der Waals surface area contributed by atoms with E-state index < -0.39 is 17.6 Å². The Labute approximate surface area is 182 Å². The van der Waals surface area contributed by atoms with Crippen molar-refractivity contribution in [3.8, 4) is 11.1 Å². The SMILES string of the molecule is CNc1ncc2cc(-c3cc(NC(=O)c4cccc(C(F)(F)F)c4)ccc3C)ccc2n1. The Morgan fingerprint density at radius 3 is 2.56 bits per heavy atom. The van der Waals surface area contributed by atoms with Gasteiger partial charge in [-0.25, -0.2) is 9.97 Å². The molecule has 0 atom stereocenters. The minimum atomic E-state index is -4.51. The van der Waals surface area contributed by atoms with Gasteiger partial charge < -0.3 is 10.6 Å². The number of carbonyl (C=O) groups is 1. The zero-order chi connectivity index (χ0) is 22.9. The Morgan fingerprint density at radius 1 is 1.00 bits per heavy atom. The monoisotopic (exact) mass is 436 g/mol. The summed E-state index contributed by atoms with van der Waals surface area (Å²) in [6.45, 7) is 1.94. The van der Waals surface area contributed by atoms with Gasteiger partial charge in [0.2, 0.25) is 5.95 Å². The van der Waals surface area contributed by atoms with E-state index in [2.05, 4.69) is 20.6 Å². The van der Waals surface area contributed by atoms with Crippen molar-refractivity contribution >= 4 is 28.4 Å². The van der Waals surface area contributed by atoms with Crippen LogP contribution in [-0.4, -0.2) is 22.9 Å². The molecule has 0 fully saturated rings. The Morgan fingerprint density at radius 2 is 1.81 bits per heavy atom. The summed E-state index contributed by atoms with van der Waals surface area (Å²) >= 11 is 0. The number of fused-ring (bicyclic) bond motifs is 1. The molecule has 5 nitrogen and oxygen atoms in total. The third-order valence-corrected chi connectivity index (χ3v) is 5.06. The molecular formula is C24H19F3N4O. The summed E-state index contributed by atoms with van der Waals surface area (Å²) in [5.74, 6) is -0.0851. The van der Waals surface area contributed by atoms with Crippen LogP contribution in [0.5, 0.6) is 0 Å². The number of anilines is 2. The number of carbonyl (C=O) groups excluding carboxylic acids is 1. The Kier molecular flexibility index (Phi) is 5.52. The first-order chi connectivity index (χ1) is 15.2. The molecule has 0 radical (unpaired) electrons. The maximum absolute atomic E-state index is 13.0. The lowest BCUT2D eigenvalue weighted by molar-refractivity contribution is -0.137. The van der Waals surface area contributed by atoms with E-state index in [-0.39, 0.29) is 5.56 Å². The number of hydrogen-bond acceptors (Lipinski definition) is 4. The van der Waals surface area contributed by atoms with Crippen LogP contribution in [0.2, 0.25) is 0 Å². The first kappa shape index (κ1) is 21.3. The molecule has 4 rings (SSSR count). The number of rotatable bonds is 4. The number of benzene rings is 3. The van der Waals surface area contributed by atoms with E-state index in [9.17, 15) is 18.0 Å². The predicted molar refractivity (Wildman–Crippen MR) is 119 cm³/mol. The van der Waals surface area contributed by atoms with Crippen LogP contribution in [0.15, 0.2) is 66.9 Å². The van der Waals surface area contributed by atoms with Crippen LogP contribution >= 0.6 is 0 Å². The first-order valence-corrected chi connectivity index (χ1v) is 9.79. The van der Waals surface area contributed by atoms with Crippen LogP contribution in [0.1, 0.15) is 21.5 Å². The second-order valence-electron chi connectivity index (χ2n) is 7.28. The van der Waals surface area contributed by atoms with E-state index in [0.29, 0.717) is 11.6 Å². The van der Waals surface area contributed by atoms with Crippen LogP contribution in [0, 0.1) is 6.92 Å². The lowest BCUT2D eigenvalue weighted by atomic mass is 9.98. The molecule has 0 saturated carbocycles. The maximum atomic E-state index is 13.0. The zero-order valence-corrected chi connectivity index (χ0v) is 17.3. The molecule has 4 aromatic rings. The van der Waals surface area contributed by atoms with Gasteiger partial charge in [0.1, 0.15) is 0 Å². The quantitative estimate of drug-likeness (QED) is 0.417. The number of halogens is 3. The highest BCUT2D eigenvalue weighted by Gasteiger charge is 2.30. The van der Waals surface area contributed by atoms with Gasteiger partial charge in [0.25, 0.3) is 5.91 Å². The molecule has 162 valence electrons. The number of alkyl halides is 3. The van der Waals surface area contributed by atoms with Crippen molar-refractivity contribution in [2.24, 2.45) is 0 Å². The van der Waals surface area contributed by atoms with Crippen LogP contribution in [0.25, 0.3) is 22.0 Å². The van der Waals surface area contributed by atoms with Crippen molar-refractivity contribution < 1.29 is 18.0 Å². The van der Waals surface area contributed by atoms with E-state index >= 15 is 0 Å². The van der Waals surface area contributed by atoms with Gasteiger partial charge in [0.05, 0.1) is 11.1 Å². The summed E-state index contributed by atoms with van der Waals surface area (Å²) in [4.78, 5) is 21.2. The number of aromatic nitrogens is 2. The minimum absolute atomic E-state index is 0.0647. The topological polar surface area (TPSA) is 66.9 Å². The smallest absolute Gasteiger partial charge is 0.357 e. The van der Waals surface area contributed by atoms with Gasteiger partial charge in [-0.2, -0.15) is 13.2 Å². The highest BCUT2D eigenvalue weighted by Crippen LogP contribution is 2.31. The molecule has 2 N–H and O–H groups in total. The van der Waals surface area contributed by atoms with E-state index in [1.165, 1.54) is 12.1 Å². The molecule has 0 aliphatic carbocycles. The van der Waals surface area contributed by atoms with Gasteiger partial charge in [0, 0.05) is 29.9 Å². The first-order valence-electron chi connectivity index (χ1n) is 9.79. The van der Waals surface area contributed by atoms with Gasteiger partial charge >= 0.3 is 6.18 Å². The molecule has 0 saturated heterocycles. The van der Waals surface area contributed by atoms with Gasteiger partial charge in [-0.15, -0.1) is 0 Å². The number of amides is 1. The third-order valence-electron chi connectivity index (χ3n) is 5.06. The number of aryl methyl sites for hydroxylation is 1. The van der Waals surface area contributed by atoms with Crippen molar-refractivity contribution in [1.29, 1.82) is 0 Å². The molecule has 32 heavy (non-hydrogen) atoms. The van der Waals surface area contributed by atoms with E-state index in [0.717, 1.165) is 39.7 Å². The average molecular weight is 436 g/mol. The van der Waals surface area contributed by atoms with Crippen LogP contribution in [0.3, 0.4) is 0 Å². The average Bonchev–Trinajstić information content (AvgIpc) is 2.79. The molecule has 0 aliphatic rings. The van der Waals surface area contributed by atoms with Crippen LogP contribution in [-0.2, 0) is 6.18 Å². The standard InChI is InChI=1S/C24H19F3N4O/c1-14-6-8-19(30-22(32)16-4-3-5-18(11-16)24(25,26)27)12-20(14)15-7-9-21-17(10-15)13-29-23(28-2)31-21/h3-13H,1-2H3,(H,30,32)(H,28,29,31). The van der Waals surface area contributed by atoms with E-state index in [1.54, 1.807) is 25.4 Å². The third kappa shape index (κ3) is 4.39. The van der Waals surface area contributed by atoms with Gasteiger partial charge in [0.15, 0.2) is 0 Å². The fourth-order valence-electron chi connectivity index (χ4n) is 3.37. The highest BCUT2D eigenvalue weighted by atomic mass is 19.4. The van der Waals surface area contributed by atoms with Gasteiger partial charge in [-0.3, -0.25) is 4.79 Å². The van der Waals surface area contributed by atoms with E-state index in [4.69, 9.17) is 0 Å². The molecule has 1 heterocycles. The summed E-state index contributed by atoms with van der Waals surface area (Å²) in [5.41, 5.74) is 3.11. The van der Waals surface area contributed by atoms with Crippen molar-refractivity contribution in [2.75, 3.05) is 17.7 Å². The van der Waals surface area contributed by atoms with Crippen molar-refractivity contribution in [3.05, 3.63) is 83.6 Å². The fraction of sp³-hybridized carbons (Fsp3) is 0.125. The minimum Gasteiger partial charge on any atom is -0.357 e. The number of nitrogens with one attached hydrogen (secondary N) is 2. The Hall–Kier alpha value is -3.94. The van der Waals surface area contributed by atoms with Crippen LogP contribution in [0.4, 0.5) is 24.8 Å². The largest absolute Gasteiger partial charge is 0.416 e. The van der Waals surface area contributed by atoms with Crippen molar-refractivity contribution in [3.63, 3.8) is 0 Å². The summed E-state index contributed by atoms with van der Waals surface area (Å²) in [7, 11) is 1.75. The molecule has 0 unspecified atom stereocenters. The molecule has 0 aliphatic heterocycles. The molecule has 8 heteroatoms. The molecule has 1 amide bonds. The molecule has 0 bridgehead atoms. The summed E-state index contributed by atoms with van der Waals surface area (Å²) < 4.78 is 38.9. The van der Waals surface area contributed by atoms with Gasteiger partial charge in [-0.1, -0.05) is 18.2 Å². The van der Waals surface area contributed by atoms with Crippen molar-refractivity contribution in [1.82, 2.24) is 9.97 Å². The maximum Gasteiger partial charge on any atom is 0.416 e. The molecule has 0 spiro atoms. The number of nitrogens with zero attached hydrogens (tertiary/aromatic N) is 2. The summed E-state index contributed by atoms with van der Waals surface area (Å²) in [6.07, 6.45) is -2.78. The lowest BCUT2D eigenvalue weighted by Crippen LogP contribution is -2.14. The molecule has 1 aromatic heterocycles. The van der Waals surface area contributed by atoms with Crippen LogP contribution < -0.4 is 10.6 Å².